The molecule has 0 amide bonds. The summed E-state index contributed by atoms with van der Waals surface area (Å²) in [6.45, 7) is 4.95. The van der Waals surface area contributed by atoms with Crippen LogP contribution >= 0.6 is 15.6 Å². The Bertz CT molecular complexity index is 1790. The van der Waals surface area contributed by atoms with Gasteiger partial charge in [-0.2, -0.15) is 0 Å². The van der Waals surface area contributed by atoms with Crippen molar-refractivity contribution in [3.8, 4) is 0 Å². The molecule has 0 aliphatic rings. The average Bonchev–Trinajstić information content (AvgIpc) is 1.59. The van der Waals surface area contributed by atoms with Crippen molar-refractivity contribution in [1.29, 1.82) is 0 Å². The molecule has 0 aliphatic carbocycles. The van der Waals surface area contributed by atoms with Crippen LogP contribution in [0.15, 0.2) is 0 Å². The minimum Gasteiger partial charge on any atom is -0.462 e. The van der Waals surface area contributed by atoms with E-state index in [2.05, 4.69) is 27.7 Å². The first-order valence-electron chi connectivity index (χ1n) is 39.3. The number of carbonyl (C=O) groups excluding carboxylic acids is 4. The van der Waals surface area contributed by atoms with Gasteiger partial charge in [0.15, 0.2) is 12.2 Å². The number of hydrogen-bond donors (Lipinski definition) is 3. The van der Waals surface area contributed by atoms with E-state index in [1.54, 1.807) is 0 Å². The molecule has 0 aromatic heterocycles. The Morgan fingerprint density at radius 2 is 0.426 bits per heavy atom. The van der Waals surface area contributed by atoms with Crippen LogP contribution in [0.1, 0.15) is 400 Å². The number of phosphoric ester groups is 2. The summed E-state index contributed by atoms with van der Waals surface area (Å²) in [5.41, 5.74) is 0. The number of carbonyl (C=O) groups is 4. The number of hydrogen-bond acceptors (Lipinski definition) is 15. The molecule has 0 spiro atoms. The molecule has 19 heteroatoms. The maximum atomic E-state index is 13.1. The van der Waals surface area contributed by atoms with Crippen molar-refractivity contribution in [2.75, 3.05) is 39.6 Å². The molecule has 0 aromatic carbocycles. The summed E-state index contributed by atoms with van der Waals surface area (Å²) in [6, 6.07) is 0. The fourth-order valence-electron chi connectivity index (χ4n) is 11.6. The first-order chi connectivity index (χ1) is 45.7. The van der Waals surface area contributed by atoms with Crippen molar-refractivity contribution in [2.24, 2.45) is 0 Å². The molecule has 0 heterocycles. The number of aliphatic hydroxyl groups excluding tert-OH is 1. The Morgan fingerprint density at radius 1 is 0.255 bits per heavy atom. The monoisotopic (exact) mass is 1380 g/mol. The highest BCUT2D eigenvalue weighted by molar-refractivity contribution is 7.47. The second-order valence-corrected chi connectivity index (χ2v) is 29.9. The van der Waals surface area contributed by atoms with Gasteiger partial charge in [0, 0.05) is 25.7 Å². The number of esters is 4. The number of phosphoric acid groups is 2. The SMILES string of the molecule is CCCCCCCCCCCCCCCCCCCC(=O)OC[C@H](COP(=O)(O)OC[C@@H](O)COP(=O)(O)OC[C@@H](COC(=O)CCCCCCCCC)OC(=O)CCCCCCCCCCCCCCC)OC(=O)CCCCCCCCCCCCCCCCCCC. The normalized spacial score (nSPS) is 13.9. The van der Waals surface area contributed by atoms with E-state index in [0.717, 1.165) is 103 Å². The van der Waals surface area contributed by atoms with Crippen LogP contribution in [0.2, 0.25) is 0 Å². The van der Waals surface area contributed by atoms with Gasteiger partial charge in [-0.05, 0) is 25.7 Å². The lowest BCUT2D eigenvalue weighted by molar-refractivity contribution is -0.161. The summed E-state index contributed by atoms with van der Waals surface area (Å²) in [4.78, 5) is 72.6. The van der Waals surface area contributed by atoms with E-state index in [4.69, 9.17) is 37.0 Å². The average molecular weight is 1380 g/mol. The number of ether oxygens (including phenoxy) is 4. The molecule has 558 valence electrons. The van der Waals surface area contributed by atoms with Gasteiger partial charge < -0.3 is 33.8 Å². The zero-order chi connectivity index (χ0) is 69.0. The highest BCUT2D eigenvalue weighted by Crippen LogP contribution is 2.45. The van der Waals surface area contributed by atoms with E-state index in [9.17, 15) is 43.2 Å². The summed E-state index contributed by atoms with van der Waals surface area (Å²) < 4.78 is 68.4. The predicted molar refractivity (Wildman–Crippen MR) is 382 cm³/mol. The molecule has 3 N–H and O–H groups in total. The fraction of sp³-hybridized carbons (Fsp3) is 0.947. The maximum absolute atomic E-state index is 13.1. The third-order valence-electron chi connectivity index (χ3n) is 17.6. The zero-order valence-corrected chi connectivity index (χ0v) is 62.7. The summed E-state index contributed by atoms with van der Waals surface area (Å²) in [7, 11) is -9.90. The largest absolute Gasteiger partial charge is 0.472 e. The second-order valence-electron chi connectivity index (χ2n) is 27.0. The minimum absolute atomic E-state index is 0.108. The van der Waals surface area contributed by atoms with Gasteiger partial charge in [0.05, 0.1) is 26.4 Å². The van der Waals surface area contributed by atoms with Crippen LogP contribution in [0, 0.1) is 0 Å². The molecule has 5 atom stereocenters. The van der Waals surface area contributed by atoms with E-state index in [0.29, 0.717) is 25.7 Å². The van der Waals surface area contributed by atoms with Gasteiger partial charge >= 0.3 is 39.5 Å². The molecular formula is C75H146O17P2. The quantitative estimate of drug-likeness (QED) is 0.0222. The molecule has 17 nitrogen and oxygen atoms in total. The highest BCUT2D eigenvalue weighted by atomic mass is 31.2. The Kier molecular flexibility index (Phi) is 68.1. The van der Waals surface area contributed by atoms with Crippen molar-refractivity contribution in [1.82, 2.24) is 0 Å². The van der Waals surface area contributed by atoms with E-state index in [1.807, 2.05) is 0 Å². The molecule has 0 aliphatic heterocycles. The molecule has 0 fully saturated rings. The molecular weight excluding hydrogens is 1230 g/mol. The van der Waals surface area contributed by atoms with E-state index in [-0.39, 0.29) is 25.7 Å². The van der Waals surface area contributed by atoms with Gasteiger partial charge in [-0.25, -0.2) is 9.13 Å². The van der Waals surface area contributed by atoms with Crippen LogP contribution < -0.4 is 0 Å². The van der Waals surface area contributed by atoms with Crippen molar-refractivity contribution in [3.05, 3.63) is 0 Å². The molecule has 0 bridgehead atoms. The molecule has 0 saturated carbocycles. The number of rotatable bonds is 76. The number of aliphatic hydroxyl groups is 1. The standard InChI is InChI=1S/C75H146O17P2/c1-5-9-13-17-21-24-27-30-32-34-36-39-41-44-48-52-56-60-73(78)86-66-71(92-75(80)62-58-54-50-46-43-40-37-35-33-31-28-25-22-18-14-10-6-2)68-90-94(83,84)88-64-69(76)63-87-93(81,82)89-67-70(65-85-72(77)59-55-51-47-20-16-12-8-4)91-74(79)61-57-53-49-45-42-38-29-26-23-19-15-11-7-3/h69-71,76H,5-68H2,1-4H3,(H,81,82)(H,83,84)/t69-,70+,71+/m0/s1. The third-order valence-corrected chi connectivity index (χ3v) is 19.5. The molecule has 94 heavy (non-hydrogen) atoms. The van der Waals surface area contributed by atoms with Crippen LogP contribution in [0.25, 0.3) is 0 Å². The molecule has 2 unspecified atom stereocenters. The second kappa shape index (κ2) is 69.5. The topological polar surface area (TPSA) is 237 Å². The van der Waals surface area contributed by atoms with Crippen LogP contribution in [-0.4, -0.2) is 96.7 Å². The Labute approximate surface area is 575 Å². The molecule has 0 rings (SSSR count). The highest BCUT2D eigenvalue weighted by Gasteiger charge is 2.30. The predicted octanol–water partition coefficient (Wildman–Crippen LogP) is 22.2. The van der Waals surface area contributed by atoms with Gasteiger partial charge in [-0.1, -0.05) is 349 Å². The smallest absolute Gasteiger partial charge is 0.462 e. The van der Waals surface area contributed by atoms with E-state index >= 15 is 0 Å². The van der Waals surface area contributed by atoms with Gasteiger partial charge in [0.2, 0.25) is 0 Å². The first kappa shape index (κ1) is 92.1. The molecule has 0 saturated heterocycles. The third kappa shape index (κ3) is 68.6. The van der Waals surface area contributed by atoms with Crippen LogP contribution in [0.5, 0.6) is 0 Å². The van der Waals surface area contributed by atoms with Gasteiger partial charge in [0.25, 0.3) is 0 Å². The zero-order valence-electron chi connectivity index (χ0n) is 60.9. The molecule has 0 aromatic rings. The Morgan fingerprint density at radius 3 is 0.628 bits per heavy atom. The summed E-state index contributed by atoms with van der Waals surface area (Å²) >= 11 is 0. The lowest BCUT2D eigenvalue weighted by atomic mass is 10.0. The van der Waals surface area contributed by atoms with Crippen molar-refractivity contribution >= 4 is 39.5 Å². The van der Waals surface area contributed by atoms with Crippen LogP contribution in [-0.2, 0) is 65.4 Å². The summed E-state index contributed by atoms with van der Waals surface area (Å²) in [5, 5.41) is 10.6. The lowest BCUT2D eigenvalue weighted by Crippen LogP contribution is -2.30. The van der Waals surface area contributed by atoms with Gasteiger partial charge in [0.1, 0.15) is 19.3 Å². The minimum atomic E-state index is -4.95. The van der Waals surface area contributed by atoms with Gasteiger partial charge in [-0.15, -0.1) is 0 Å². The number of unbranched alkanes of at least 4 members (excludes halogenated alkanes) is 50. The summed E-state index contributed by atoms with van der Waals surface area (Å²) in [6.07, 6.45) is 59.7. The van der Waals surface area contributed by atoms with Crippen molar-refractivity contribution in [2.45, 2.75) is 418 Å². The Hall–Kier alpha value is -1.94. The van der Waals surface area contributed by atoms with E-state index in [1.165, 1.54) is 218 Å². The lowest BCUT2D eigenvalue weighted by Gasteiger charge is -2.21. The first-order valence-corrected chi connectivity index (χ1v) is 42.3. The summed E-state index contributed by atoms with van der Waals surface area (Å²) in [5.74, 6) is -2.12. The van der Waals surface area contributed by atoms with Crippen LogP contribution in [0.3, 0.4) is 0 Å². The molecule has 0 radical (unpaired) electrons. The van der Waals surface area contributed by atoms with Crippen molar-refractivity contribution in [3.63, 3.8) is 0 Å². The van der Waals surface area contributed by atoms with Crippen LogP contribution in [0.4, 0.5) is 0 Å². The Balaban J connectivity index is 5.19. The fourth-order valence-corrected chi connectivity index (χ4v) is 13.2. The van der Waals surface area contributed by atoms with Crippen molar-refractivity contribution < 1.29 is 80.2 Å². The van der Waals surface area contributed by atoms with Gasteiger partial charge in [-0.3, -0.25) is 37.3 Å². The van der Waals surface area contributed by atoms with E-state index < -0.39 is 97.5 Å². The maximum Gasteiger partial charge on any atom is 0.472 e.